The molecule has 1 aromatic heterocycles. The normalized spacial score (nSPS) is 12.4. The Balaban J connectivity index is 3.01. The van der Waals surface area contributed by atoms with Gasteiger partial charge in [-0.1, -0.05) is 0 Å². The van der Waals surface area contributed by atoms with Crippen LogP contribution < -0.4 is 0 Å². The lowest BCUT2D eigenvalue weighted by Crippen LogP contribution is -2.16. The third-order valence-electron chi connectivity index (χ3n) is 1.71. The van der Waals surface area contributed by atoms with Crippen LogP contribution in [0.2, 0.25) is 0 Å². The van der Waals surface area contributed by atoms with Crippen LogP contribution in [0.1, 0.15) is 23.5 Å². The van der Waals surface area contributed by atoms with Crippen LogP contribution in [0.25, 0.3) is 0 Å². The van der Waals surface area contributed by atoms with Gasteiger partial charge in [-0.15, -0.1) is 0 Å². The summed E-state index contributed by atoms with van der Waals surface area (Å²) >= 11 is 0. The molecular weight excluding hydrogens is 158 g/mol. The van der Waals surface area contributed by atoms with Gasteiger partial charge in [0.15, 0.2) is 6.29 Å². The molecule has 0 radical (unpaired) electrons. The van der Waals surface area contributed by atoms with Gasteiger partial charge in [-0.3, -0.25) is 4.79 Å². The molecular formula is C8H9NO3. The molecule has 4 nitrogen and oxygen atoms in total. The van der Waals surface area contributed by atoms with Crippen molar-refractivity contribution in [1.29, 1.82) is 0 Å². The van der Waals surface area contributed by atoms with Gasteiger partial charge in [-0.05, 0) is 19.1 Å². The van der Waals surface area contributed by atoms with E-state index in [2.05, 4.69) is 0 Å². The van der Waals surface area contributed by atoms with E-state index in [1.54, 1.807) is 18.3 Å². The monoisotopic (exact) mass is 167 g/mol. The molecule has 1 rings (SSSR count). The highest BCUT2D eigenvalue weighted by Crippen LogP contribution is 2.09. The molecule has 0 spiro atoms. The first-order chi connectivity index (χ1) is 5.66. The molecule has 0 aliphatic rings. The Morgan fingerprint density at radius 3 is 2.92 bits per heavy atom. The largest absolute Gasteiger partial charge is 0.480 e. The van der Waals surface area contributed by atoms with E-state index in [0.29, 0.717) is 12.0 Å². The Hall–Kier alpha value is -1.58. The molecule has 0 bridgehead atoms. The highest BCUT2D eigenvalue weighted by molar-refractivity contribution is 5.76. The molecule has 1 atom stereocenters. The molecule has 64 valence electrons. The van der Waals surface area contributed by atoms with Crippen LogP contribution in [0, 0.1) is 0 Å². The van der Waals surface area contributed by atoms with Gasteiger partial charge in [-0.2, -0.15) is 0 Å². The average molecular weight is 167 g/mol. The van der Waals surface area contributed by atoms with Crippen molar-refractivity contribution in [2.24, 2.45) is 0 Å². The topological polar surface area (TPSA) is 59.3 Å². The maximum absolute atomic E-state index is 10.5. The summed E-state index contributed by atoms with van der Waals surface area (Å²) in [7, 11) is 0. The Morgan fingerprint density at radius 2 is 2.42 bits per heavy atom. The summed E-state index contributed by atoms with van der Waals surface area (Å²) in [6, 6.07) is 2.52. The standard InChI is InChI=1S/C8H9NO3/c1-6(8(11)12)9-4-2-3-7(9)5-10/h2-6H,1H3,(H,11,12)/t6-/m1/s1. The molecule has 0 fully saturated rings. The van der Waals surface area contributed by atoms with Gasteiger partial charge < -0.3 is 9.67 Å². The molecule has 0 unspecified atom stereocenters. The third-order valence-corrected chi connectivity index (χ3v) is 1.71. The lowest BCUT2D eigenvalue weighted by atomic mass is 10.3. The van der Waals surface area contributed by atoms with Crippen molar-refractivity contribution in [2.75, 3.05) is 0 Å². The predicted molar refractivity (Wildman–Crippen MR) is 42.2 cm³/mol. The lowest BCUT2D eigenvalue weighted by Gasteiger charge is -2.09. The van der Waals surface area contributed by atoms with Crippen molar-refractivity contribution in [3.63, 3.8) is 0 Å². The number of hydrogen-bond acceptors (Lipinski definition) is 2. The number of aliphatic carboxylic acids is 1. The maximum Gasteiger partial charge on any atom is 0.326 e. The van der Waals surface area contributed by atoms with E-state index < -0.39 is 12.0 Å². The zero-order valence-electron chi connectivity index (χ0n) is 6.60. The first kappa shape index (κ1) is 8.52. The minimum Gasteiger partial charge on any atom is -0.480 e. The fraction of sp³-hybridized carbons (Fsp3) is 0.250. The molecule has 4 heteroatoms. The van der Waals surface area contributed by atoms with Crippen molar-refractivity contribution in [3.8, 4) is 0 Å². The number of aromatic nitrogens is 1. The Kier molecular flexibility index (Phi) is 2.28. The Labute approximate surface area is 69.4 Å². The molecule has 0 aliphatic heterocycles. The van der Waals surface area contributed by atoms with Crippen molar-refractivity contribution >= 4 is 12.3 Å². The summed E-state index contributed by atoms with van der Waals surface area (Å²) < 4.78 is 1.41. The van der Waals surface area contributed by atoms with Crippen molar-refractivity contribution < 1.29 is 14.7 Å². The fourth-order valence-corrected chi connectivity index (χ4v) is 0.978. The van der Waals surface area contributed by atoms with Crippen molar-refractivity contribution in [2.45, 2.75) is 13.0 Å². The van der Waals surface area contributed by atoms with Gasteiger partial charge in [0.25, 0.3) is 0 Å². The second-order valence-corrected chi connectivity index (χ2v) is 2.47. The number of carboxylic acid groups (broad SMARTS) is 1. The molecule has 1 aromatic rings. The van der Waals surface area contributed by atoms with E-state index in [0.717, 1.165) is 0 Å². The highest BCUT2D eigenvalue weighted by Gasteiger charge is 2.14. The smallest absolute Gasteiger partial charge is 0.326 e. The summed E-state index contributed by atoms with van der Waals surface area (Å²) in [6.45, 7) is 1.52. The molecule has 0 saturated heterocycles. The van der Waals surface area contributed by atoms with Crippen LogP contribution in [0.4, 0.5) is 0 Å². The SMILES string of the molecule is C[C@H](C(=O)O)n1cccc1C=O. The molecule has 0 saturated carbocycles. The summed E-state index contributed by atoms with van der Waals surface area (Å²) in [4.78, 5) is 20.9. The quantitative estimate of drug-likeness (QED) is 0.681. The van der Waals surface area contributed by atoms with Crippen molar-refractivity contribution in [1.82, 2.24) is 4.57 Å². The highest BCUT2D eigenvalue weighted by atomic mass is 16.4. The maximum atomic E-state index is 10.5. The Morgan fingerprint density at radius 1 is 1.75 bits per heavy atom. The number of hydrogen-bond donors (Lipinski definition) is 1. The van der Waals surface area contributed by atoms with E-state index in [1.807, 2.05) is 0 Å². The van der Waals surface area contributed by atoms with Crippen LogP contribution in [0.15, 0.2) is 18.3 Å². The summed E-state index contributed by atoms with van der Waals surface area (Å²) in [5, 5.41) is 8.64. The first-order valence-corrected chi connectivity index (χ1v) is 3.51. The second kappa shape index (κ2) is 3.21. The van der Waals surface area contributed by atoms with Gasteiger partial charge in [0.2, 0.25) is 0 Å². The van der Waals surface area contributed by atoms with E-state index in [9.17, 15) is 9.59 Å². The van der Waals surface area contributed by atoms with Gasteiger partial charge in [0.05, 0.1) is 5.69 Å². The number of aldehydes is 1. The minimum absolute atomic E-state index is 0.380. The Bertz CT molecular complexity index is 303. The van der Waals surface area contributed by atoms with Gasteiger partial charge >= 0.3 is 5.97 Å². The average Bonchev–Trinajstić information content (AvgIpc) is 2.49. The van der Waals surface area contributed by atoms with Crippen molar-refractivity contribution in [3.05, 3.63) is 24.0 Å². The molecule has 0 aromatic carbocycles. The zero-order valence-corrected chi connectivity index (χ0v) is 6.60. The molecule has 0 aliphatic carbocycles. The number of carbonyl (C=O) groups excluding carboxylic acids is 1. The number of rotatable bonds is 3. The number of carboxylic acids is 1. The van der Waals surface area contributed by atoms with Gasteiger partial charge in [0.1, 0.15) is 6.04 Å². The van der Waals surface area contributed by atoms with E-state index in [4.69, 9.17) is 5.11 Å². The number of carbonyl (C=O) groups is 2. The van der Waals surface area contributed by atoms with Crippen LogP contribution in [-0.4, -0.2) is 21.9 Å². The second-order valence-electron chi connectivity index (χ2n) is 2.47. The van der Waals surface area contributed by atoms with Crippen LogP contribution in [-0.2, 0) is 4.79 Å². The molecule has 0 amide bonds. The number of nitrogens with zero attached hydrogens (tertiary/aromatic N) is 1. The van der Waals surface area contributed by atoms with E-state index >= 15 is 0 Å². The van der Waals surface area contributed by atoms with Gasteiger partial charge in [-0.25, -0.2) is 4.79 Å². The van der Waals surface area contributed by atoms with Crippen LogP contribution in [0.3, 0.4) is 0 Å². The van der Waals surface area contributed by atoms with E-state index in [-0.39, 0.29) is 0 Å². The molecule has 1 heterocycles. The minimum atomic E-state index is -0.950. The van der Waals surface area contributed by atoms with Crippen LogP contribution in [0.5, 0.6) is 0 Å². The fourth-order valence-electron chi connectivity index (χ4n) is 0.978. The lowest BCUT2D eigenvalue weighted by molar-refractivity contribution is -0.140. The molecule has 12 heavy (non-hydrogen) atoms. The summed E-state index contributed by atoms with van der Waals surface area (Å²) in [6.07, 6.45) is 2.21. The predicted octanol–water partition coefficient (Wildman–Crippen LogP) is 0.946. The summed E-state index contributed by atoms with van der Waals surface area (Å²) in [5.74, 6) is -0.950. The third kappa shape index (κ3) is 1.37. The summed E-state index contributed by atoms with van der Waals surface area (Å²) in [5.41, 5.74) is 0.380. The van der Waals surface area contributed by atoms with E-state index in [1.165, 1.54) is 11.5 Å². The first-order valence-electron chi connectivity index (χ1n) is 3.51. The van der Waals surface area contributed by atoms with Crippen LogP contribution >= 0.6 is 0 Å². The molecule has 1 N–H and O–H groups in total. The van der Waals surface area contributed by atoms with Gasteiger partial charge in [0, 0.05) is 6.20 Å². The zero-order chi connectivity index (χ0) is 9.14.